The number of halogens is 1. The Morgan fingerprint density at radius 2 is 2.04 bits per heavy atom. The summed E-state index contributed by atoms with van der Waals surface area (Å²) < 4.78 is 15.6. The van der Waals surface area contributed by atoms with Gasteiger partial charge in [0.25, 0.3) is 0 Å². The standard InChI is InChI=1S/C17H14FN5S/c1-11-7-20-17(24-11)22-16-6-15-13(8-19-16)9-21-23(15)10-12-4-2-3-5-14(12)18/h2-9H,10H2,1H3,(H,19,20,22). The van der Waals surface area contributed by atoms with Crippen LogP contribution in [0.3, 0.4) is 0 Å². The van der Waals surface area contributed by atoms with E-state index in [1.54, 1.807) is 40.5 Å². The van der Waals surface area contributed by atoms with Gasteiger partial charge in [-0.25, -0.2) is 14.4 Å². The summed E-state index contributed by atoms with van der Waals surface area (Å²) in [6, 6.07) is 8.63. The molecule has 0 radical (unpaired) electrons. The van der Waals surface area contributed by atoms with E-state index >= 15 is 0 Å². The molecule has 1 aromatic carbocycles. The van der Waals surface area contributed by atoms with Gasteiger partial charge in [0.15, 0.2) is 5.13 Å². The predicted molar refractivity (Wildman–Crippen MR) is 93.2 cm³/mol. The van der Waals surface area contributed by atoms with Crippen LogP contribution in [0, 0.1) is 12.7 Å². The Kier molecular flexibility index (Phi) is 3.70. The third-order valence-electron chi connectivity index (χ3n) is 3.66. The van der Waals surface area contributed by atoms with Gasteiger partial charge < -0.3 is 5.32 Å². The summed E-state index contributed by atoms with van der Waals surface area (Å²) in [6.45, 7) is 2.37. The number of aromatic nitrogens is 4. The molecular formula is C17H14FN5S. The second kappa shape index (κ2) is 6.01. The first kappa shape index (κ1) is 14.8. The molecule has 0 amide bonds. The number of hydrogen-bond donors (Lipinski definition) is 1. The molecule has 0 bridgehead atoms. The molecule has 0 spiro atoms. The number of nitrogens with one attached hydrogen (secondary N) is 1. The highest BCUT2D eigenvalue weighted by Gasteiger charge is 2.09. The average molecular weight is 339 g/mol. The van der Waals surface area contributed by atoms with Crippen LogP contribution in [0.15, 0.2) is 48.9 Å². The molecular weight excluding hydrogens is 325 g/mol. The van der Waals surface area contributed by atoms with Crippen molar-refractivity contribution in [2.45, 2.75) is 13.5 Å². The number of nitrogens with zero attached hydrogens (tertiary/aromatic N) is 4. The zero-order valence-corrected chi connectivity index (χ0v) is 13.7. The van der Waals surface area contributed by atoms with Gasteiger partial charge in [0.1, 0.15) is 11.6 Å². The van der Waals surface area contributed by atoms with Crippen molar-refractivity contribution in [3.63, 3.8) is 0 Å². The topological polar surface area (TPSA) is 55.6 Å². The summed E-state index contributed by atoms with van der Waals surface area (Å²) in [7, 11) is 0. The second-order valence-electron chi connectivity index (χ2n) is 5.42. The van der Waals surface area contributed by atoms with Crippen LogP contribution >= 0.6 is 11.3 Å². The molecule has 7 heteroatoms. The van der Waals surface area contributed by atoms with Gasteiger partial charge in [-0.3, -0.25) is 4.68 Å². The molecule has 0 saturated heterocycles. The number of fused-ring (bicyclic) bond motifs is 1. The minimum absolute atomic E-state index is 0.230. The van der Waals surface area contributed by atoms with Crippen molar-refractivity contribution in [2.75, 3.05) is 5.32 Å². The van der Waals surface area contributed by atoms with Gasteiger partial charge in [0, 0.05) is 34.3 Å². The number of thiazole rings is 1. The van der Waals surface area contributed by atoms with Crippen LogP contribution in [0.25, 0.3) is 10.9 Å². The van der Waals surface area contributed by atoms with Crippen LogP contribution in [0.5, 0.6) is 0 Å². The molecule has 0 saturated carbocycles. The minimum atomic E-state index is -0.230. The Morgan fingerprint density at radius 3 is 2.83 bits per heavy atom. The first-order valence-corrected chi connectivity index (χ1v) is 8.25. The highest BCUT2D eigenvalue weighted by atomic mass is 32.1. The van der Waals surface area contributed by atoms with Crippen molar-refractivity contribution in [3.05, 3.63) is 65.2 Å². The lowest BCUT2D eigenvalue weighted by Crippen LogP contribution is -2.03. The van der Waals surface area contributed by atoms with Crippen molar-refractivity contribution in [3.8, 4) is 0 Å². The highest BCUT2D eigenvalue weighted by Crippen LogP contribution is 2.23. The Bertz CT molecular complexity index is 1010. The van der Waals surface area contributed by atoms with Crippen LogP contribution < -0.4 is 5.32 Å². The summed E-state index contributed by atoms with van der Waals surface area (Å²) in [5.74, 6) is 0.457. The van der Waals surface area contributed by atoms with E-state index in [1.165, 1.54) is 6.07 Å². The average Bonchev–Trinajstić information content (AvgIpc) is 3.16. The summed E-state index contributed by atoms with van der Waals surface area (Å²) in [5.41, 5.74) is 1.49. The third kappa shape index (κ3) is 2.85. The van der Waals surface area contributed by atoms with E-state index in [1.807, 2.05) is 25.3 Å². The molecule has 4 rings (SSSR count). The lowest BCUT2D eigenvalue weighted by Gasteiger charge is -2.06. The van der Waals surface area contributed by atoms with Crippen LogP contribution in [0.2, 0.25) is 0 Å². The smallest absolute Gasteiger partial charge is 0.188 e. The van der Waals surface area contributed by atoms with E-state index in [0.29, 0.717) is 17.9 Å². The van der Waals surface area contributed by atoms with E-state index < -0.39 is 0 Å². The first-order chi connectivity index (χ1) is 11.7. The van der Waals surface area contributed by atoms with Gasteiger partial charge >= 0.3 is 0 Å². The van der Waals surface area contributed by atoms with E-state index in [0.717, 1.165) is 20.9 Å². The number of benzene rings is 1. The molecule has 0 unspecified atom stereocenters. The van der Waals surface area contributed by atoms with Gasteiger partial charge in [-0.1, -0.05) is 18.2 Å². The van der Waals surface area contributed by atoms with Crippen molar-refractivity contribution in [2.24, 2.45) is 0 Å². The van der Waals surface area contributed by atoms with Gasteiger partial charge in [-0.2, -0.15) is 5.10 Å². The fourth-order valence-electron chi connectivity index (χ4n) is 2.48. The number of hydrogen-bond acceptors (Lipinski definition) is 5. The molecule has 0 atom stereocenters. The van der Waals surface area contributed by atoms with Gasteiger partial charge in [-0.05, 0) is 13.0 Å². The molecule has 120 valence electrons. The Hall–Kier alpha value is -2.80. The molecule has 24 heavy (non-hydrogen) atoms. The van der Waals surface area contributed by atoms with Crippen LogP contribution in [0.4, 0.5) is 15.3 Å². The lowest BCUT2D eigenvalue weighted by atomic mass is 10.2. The molecule has 3 heterocycles. The number of rotatable bonds is 4. The van der Waals surface area contributed by atoms with Gasteiger partial charge in [-0.15, -0.1) is 11.3 Å². The van der Waals surface area contributed by atoms with Gasteiger partial charge in [0.05, 0.1) is 18.3 Å². The summed E-state index contributed by atoms with van der Waals surface area (Å²) in [4.78, 5) is 9.78. The molecule has 4 aromatic rings. The summed E-state index contributed by atoms with van der Waals surface area (Å²) in [5, 5.41) is 9.24. The Morgan fingerprint density at radius 1 is 1.17 bits per heavy atom. The van der Waals surface area contributed by atoms with E-state index in [-0.39, 0.29) is 5.82 Å². The van der Waals surface area contributed by atoms with E-state index in [9.17, 15) is 4.39 Å². The molecule has 0 aliphatic heterocycles. The van der Waals surface area contributed by atoms with Crippen molar-refractivity contribution in [1.82, 2.24) is 19.7 Å². The Balaban J connectivity index is 1.67. The minimum Gasteiger partial charge on any atom is -0.316 e. The third-order valence-corrected chi connectivity index (χ3v) is 4.49. The summed E-state index contributed by atoms with van der Waals surface area (Å²) >= 11 is 1.56. The molecule has 0 aliphatic rings. The zero-order valence-electron chi connectivity index (χ0n) is 12.9. The molecule has 0 aliphatic carbocycles. The predicted octanol–water partition coefficient (Wildman–Crippen LogP) is 4.13. The number of aryl methyl sites for hydroxylation is 1. The highest BCUT2D eigenvalue weighted by molar-refractivity contribution is 7.15. The number of pyridine rings is 1. The van der Waals surface area contributed by atoms with Crippen LogP contribution in [0.1, 0.15) is 10.4 Å². The maximum absolute atomic E-state index is 13.9. The normalized spacial score (nSPS) is 11.1. The quantitative estimate of drug-likeness (QED) is 0.607. The SMILES string of the molecule is Cc1cnc(Nc2cc3c(cn2)cnn3Cc2ccccc2F)s1. The van der Waals surface area contributed by atoms with Gasteiger partial charge in [0.2, 0.25) is 0 Å². The molecule has 5 nitrogen and oxygen atoms in total. The first-order valence-electron chi connectivity index (χ1n) is 7.43. The summed E-state index contributed by atoms with van der Waals surface area (Å²) in [6.07, 6.45) is 5.30. The fourth-order valence-corrected chi connectivity index (χ4v) is 3.15. The maximum Gasteiger partial charge on any atom is 0.188 e. The van der Waals surface area contributed by atoms with Crippen LogP contribution in [-0.2, 0) is 6.54 Å². The van der Waals surface area contributed by atoms with Crippen molar-refractivity contribution >= 4 is 33.2 Å². The van der Waals surface area contributed by atoms with E-state index in [2.05, 4.69) is 20.4 Å². The Labute approximate surface area is 141 Å². The zero-order chi connectivity index (χ0) is 16.5. The fraction of sp³-hybridized carbons (Fsp3) is 0.118. The molecule has 0 fully saturated rings. The maximum atomic E-state index is 13.9. The lowest BCUT2D eigenvalue weighted by molar-refractivity contribution is 0.590. The monoisotopic (exact) mass is 339 g/mol. The van der Waals surface area contributed by atoms with Crippen LogP contribution in [-0.4, -0.2) is 19.7 Å². The van der Waals surface area contributed by atoms with Crippen molar-refractivity contribution in [1.29, 1.82) is 0 Å². The molecule has 1 N–H and O–H groups in total. The van der Waals surface area contributed by atoms with Crippen molar-refractivity contribution < 1.29 is 4.39 Å². The molecule has 3 aromatic heterocycles. The number of anilines is 2. The largest absolute Gasteiger partial charge is 0.316 e. The van der Waals surface area contributed by atoms with E-state index in [4.69, 9.17) is 0 Å². The second-order valence-corrected chi connectivity index (χ2v) is 6.66.